The van der Waals surface area contributed by atoms with Crippen LogP contribution >= 0.6 is 0 Å². The normalized spacial score (nSPS) is 11.9. The first-order valence-corrected chi connectivity index (χ1v) is 5.85. The van der Waals surface area contributed by atoms with Gasteiger partial charge in [-0.1, -0.05) is 5.16 Å². The van der Waals surface area contributed by atoms with Gasteiger partial charge in [-0.25, -0.2) is 0 Å². The summed E-state index contributed by atoms with van der Waals surface area (Å²) in [6.45, 7) is 1.90. The second kappa shape index (κ2) is 6.80. The minimum Gasteiger partial charge on any atom is -0.409 e. The zero-order valence-electron chi connectivity index (χ0n) is 11.2. The highest BCUT2D eigenvalue weighted by molar-refractivity contribution is 6.00. The molecule has 1 aromatic rings. The first-order valence-electron chi connectivity index (χ1n) is 5.85. The highest BCUT2D eigenvalue weighted by Gasteiger charge is 2.11. The quantitative estimate of drug-likeness (QED) is 0.334. The molecule has 0 aliphatic carbocycles. The van der Waals surface area contributed by atoms with E-state index < -0.39 is 0 Å². The van der Waals surface area contributed by atoms with Crippen molar-refractivity contribution >= 4 is 11.5 Å². The number of anilines is 1. The summed E-state index contributed by atoms with van der Waals surface area (Å²) in [6.07, 6.45) is 2.67. The van der Waals surface area contributed by atoms with Crippen molar-refractivity contribution in [1.29, 1.82) is 0 Å². The van der Waals surface area contributed by atoms with Crippen LogP contribution in [0.5, 0.6) is 0 Å². The lowest BCUT2D eigenvalue weighted by Gasteiger charge is -2.22. The molecular weight excluding hydrogens is 230 g/mol. The Morgan fingerprint density at radius 1 is 1.39 bits per heavy atom. The van der Waals surface area contributed by atoms with Gasteiger partial charge < -0.3 is 20.7 Å². The average molecular weight is 251 g/mol. The Morgan fingerprint density at radius 3 is 2.72 bits per heavy atom. The molecule has 0 aliphatic rings. The van der Waals surface area contributed by atoms with Gasteiger partial charge in [0.2, 0.25) is 0 Å². The summed E-state index contributed by atoms with van der Waals surface area (Å²) in [5, 5.41) is 11.7. The van der Waals surface area contributed by atoms with E-state index in [1.54, 1.807) is 6.20 Å². The van der Waals surface area contributed by atoms with Gasteiger partial charge in [-0.05, 0) is 39.2 Å². The molecule has 0 atom stereocenters. The van der Waals surface area contributed by atoms with E-state index in [-0.39, 0.29) is 5.84 Å². The Kier molecular flexibility index (Phi) is 5.38. The summed E-state index contributed by atoms with van der Waals surface area (Å²) in [5.41, 5.74) is 6.99. The molecule has 1 heterocycles. The molecule has 18 heavy (non-hydrogen) atoms. The topological polar surface area (TPSA) is 78.0 Å². The Labute approximate surface area is 108 Å². The van der Waals surface area contributed by atoms with Crippen LogP contribution in [-0.4, -0.2) is 55.2 Å². The summed E-state index contributed by atoms with van der Waals surface area (Å²) in [5.74, 6) is 0.0325. The van der Waals surface area contributed by atoms with Crippen molar-refractivity contribution in [3.8, 4) is 0 Å². The van der Waals surface area contributed by atoms with Gasteiger partial charge >= 0.3 is 0 Å². The third-order valence-electron chi connectivity index (χ3n) is 2.65. The zero-order valence-corrected chi connectivity index (χ0v) is 11.2. The number of oxime groups is 1. The number of hydrogen-bond donors (Lipinski definition) is 2. The number of rotatable bonds is 6. The van der Waals surface area contributed by atoms with Gasteiger partial charge in [0, 0.05) is 19.8 Å². The molecule has 0 aromatic carbocycles. The van der Waals surface area contributed by atoms with Crippen LogP contribution in [0.25, 0.3) is 0 Å². The number of amidine groups is 1. The van der Waals surface area contributed by atoms with E-state index in [0.717, 1.165) is 25.2 Å². The summed E-state index contributed by atoms with van der Waals surface area (Å²) in [6, 6.07) is 3.75. The molecule has 6 heteroatoms. The minimum atomic E-state index is 0.0325. The Morgan fingerprint density at radius 2 is 2.11 bits per heavy atom. The summed E-state index contributed by atoms with van der Waals surface area (Å²) < 4.78 is 0. The fourth-order valence-corrected chi connectivity index (χ4v) is 1.69. The predicted molar refractivity (Wildman–Crippen MR) is 73.2 cm³/mol. The molecule has 0 bridgehead atoms. The van der Waals surface area contributed by atoms with E-state index in [9.17, 15) is 0 Å². The number of aromatic nitrogens is 1. The molecule has 0 saturated heterocycles. The lowest BCUT2D eigenvalue weighted by Crippen LogP contribution is -2.27. The van der Waals surface area contributed by atoms with Gasteiger partial charge in [-0.15, -0.1) is 0 Å². The van der Waals surface area contributed by atoms with E-state index in [4.69, 9.17) is 10.9 Å². The maximum atomic E-state index is 8.74. The molecule has 0 fully saturated rings. The molecule has 0 amide bonds. The van der Waals surface area contributed by atoms with Crippen LogP contribution in [0.3, 0.4) is 0 Å². The molecule has 0 aliphatic heterocycles. The van der Waals surface area contributed by atoms with Crippen LogP contribution in [0.15, 0.2) is 23.5 Å². The van der Waals surface area contributed by atoms with Gasteiger partial charge in [0.1, 0.15) is 5.69 Å². The van der Waals surface area contributed by atoms with Crippen molar-refractivity contribution in [3.05, 3.63) is 24.0 Å². The molecule has 0 radical (unpaired) electrons. The lowest BCUT2D eigenvalue weighted by atomic mass is 10.2. The first kappa shape index (κ1) is 14.2. The average Bonchev–Trinajstić information content (AvgIpc) is 2.37. The van der Waals surface area contributed by atoms with E-state index in [1.807, 2.05) is 33.3 Å². The van der Waals surface area contributed by atoms with Gasteiger partial charge in [-0.2, -0.15) is 0 Å². The highest BCUT2D eigenvalue weighted by Crippen LogP contribution is 2.16. The number of pyridine rings is 1. The second-order valence-electron chi connectivity index (χ2n) is 4.43. The molecule has 0 saturated carbocycles. The molecule has 0 spiro atoms. The van der Waals surface area contributed by atoms with E-state index in [1.165, 1.54) is 0 Å². The van der Waals surface area contributed by atoms with Crippen LogP contribution in [0.4, 0.5) is 5.69 Å². The van der Waals surface area contributed by atoms with Crippen molar-refractivity contribution in [3.63, 3.8) is 0 Å². The summed E-state index contributed by atoms with van der Waals surface area (Å²) in [7, 11) is 6.07. The predicted octanol–water partition coefficient (Wildman–Crippen LogP) is 0.564. The van der Waals surface area contributed by atoms with Crippen molar-refractivity contribution < 1.29 is 5.21 Å². The summed E-state index contributed by atoms with van der Waals surface area (Å²) >= 11 is 0. The van der Waals surface area contributed by atoms with Gasteiger partial charge in [0.15, 0.2) is 5.84 Å². The molecule has 3 N–H and O–H groups in total. The van der Waals surface area contributed by atoms with Crippen molar-refractivity contribution in [2.24, 2.45) is 10.9 Å². The van der Waals surface area contributed by atoms with Gasteiger partial charge in [0.05, 0.1) is 5.69 Å². The smallest absolute Gasteiger partial charge is 0.190 e. The fraction of sp³-hybridized carbons (Fsp3) is 0.500. The van der Waals surface area contributed by atoms with Crippen LogP contribution in [0.1, 0.15) is 12.1 Å². The van der Waals surface area contributed by atoms with E-state index in [0.29, 0.717) is 5.69 Å². The Balaban J connectivity index is 2.76. The maximum Gasteiger partial charge on any atom is 0.190 e. The fourth-order valence-electron chi connectivity index (χ4n) is 1.69. The molecule has 1 aromatic heterocycles. The molecule has 1 rings (SSSR count). The number of nitrogens with two attached hydrogens (primary N) is 1. The van der Waals surface area contributed by atoms with Crippen molar-refractivity contribution in [2.75, 3.05) is 39.1 Å². The van der Waals surface area contributed by atoms with Crippen LogP contribution < -0.4 is 10.6 Å². The number of hydrogen-bond acceptors (Lipinski definition) is 5. The zero-order chi connectivity index (χ0) is 13.5. The van der Waals surface area contributed by atoms with E-state index in [2.05, 4.69) is 19.9 Å². The van der Waals surface area contributed by atoms with Crippen LogP contribution in [-0.2, 0) is 0 Å². The third kappa shape index (κ3) is 3.89. The third-order valence-corrected chi connectivity index (χ3v) is 2.65. The van der Waals surface area contributed by atoms with Gasteiger partial charge in [0.25, 0.3) is 0 Å². The molecule has 0 unspecified atom stereocenters. The molecular formula is C12H21N5O. The number of nitrogens with zero attached hydrogens (tertiary/aromatic N) is 4. The van der Waals surface area contributed by atoms with E-state index >= 15 is 0 Å². The largest absolute Gasteiger partial charge is 0.409 e. The minimum absolute atomic E-state index is 0.0325. The SMILES string of the molecule is CN(C)CCCN(C)c1cccnc1/C(N)=N/O. The van der Waals surface area contributed by atoms with Crippen LogP contribution in [0.2, 0.25) is 0 Å². The maximum absolute atomic E-state index is 8.74. The monoisotopic (exact) mass is 251 g/mol. The lowest BCUT2D eigenvalue weighted by molar-refractivity contribution is 0.318. The van der Waals surface area contributed by atoms with Crippen molar-refractivity contribution in [1.82, 2.24) is 9.88 Å². The van der Waals surface area contributed by atoms with Crippen LogP contribution in [0, 0.1) is 0 Å². The Bertz CT molecular complexity index is 405. The van der Waals surface area contributed by atoms with Crippen molar-refractivity contribution in [2.45, 2.75) is 6.42 Å². The Hall–Kier alpha value is -1.82. The van der Waals surface area contributed by atoms with Gasteiger partial charge in [-0.3, -0.25) is 4.98 Å². The second-order valence-corrected chi connectivity index (χ2v) is 4.43. The summed E-state index contributed by atoms with van der Waals surface area (Å²) in [4.78, 5) is 8.35. The first-order chi connectivity index (χ1) is 8.56. The standard InChI is InChI=1S/C12H21N5O/c1-16(2)8-5-9-17(3)10-6-4-7-14-11(10)12(13)15-18/h4,6-7,18H,5,8-9H2,1-3H3,(H2,13,15). The highest BCUT2D eigenvalue weighted by atomic mass is 16.4. The molecule has 100 valence electrons. The molecule has 6 nitrogen and oxygen atoms in total.